The molecule has 1 unspecified atom stereocenters. The van der Waals surface area contributed by atoms with Crippen LogP contribution in [0.3, 0.4) is 0 Å². The van der Waals surface area contributed by atoms with Gasteiger partial charge in [0.1, 0.15) is 18.2 Å². The largest absolute Gasteiger partial charge is 0.492 e. The van der Waals surface area contributed by atoms with Gasteiger partial charge >= 0.3 is 0 Å². The number of halogens is 1. The van der Waals surface area contributed by atoms with E-state index in [4.69, 9.17) is 4.74 Å². The van der Waals surface area contributed by atoms with Gasteiger partial charge in [-0.1, -0.05) is 0 Å². The van der Waals surface area contributed by atoms with Gasteiger partial charge in [0, 0.05) is 31.0 Å². The third-order valence-corrected chi connectivity index (χ3v) is 5.14. The van der Waals surface area contributed by atoms with Crippen molar-refractivity contribution in [1.82, 2.24) is 15.2 Å². The Labute approximate surface area is 148 Å². The number of nitrogens with one attached hydrogen (secondary N) is 1. The first kappa shape index (κ1) is 16.5. The van der Waals surface area contributed by atoms with Crippen molar-refractivity contribution in [1.29, 1.82) is 0 Å². The normalized spacial score (nSPS) is 21.6. The number of benzene rings is 1. The summed E-state index contributed by atoms with van der Waals surface area (Å²) in [4.78, 5) is 6.57. The van der Waals surface area contributed by atoms with Crippen molar-refractivity contribution >= 4 is 0 Å². The number of hydrogen-bond donors (Lipinski definition) is 1. The van der Waals surface area contributed by atoms with Crippen molar-refractivity contribution in [3.05, 3.63) is 59.7 Å². The third kappa shape index (κ3) is 4.17. The minimum absolute atomic E-state index is 0.188. The van der Waals surface area contributed by atoms with E-state index in [-0.39, 0.29) is 11.9 Å². The van der Waals surface area contributed by atoms with Crippen LogP contribution in [0.5, 0.6) is 5.75 Å². The SMILES string of the molecule is Fc1ccc2c(c1)CC(NC1CCN(Cc3ccncc3)CC1)CO2. The molecule has 1 saturated heterocycles. The predicted octanol–water partition coefficient (Wildman–Crippen LogP) is 2.78. The van der Waals surface area contributed by atoms with Gasteiger partial charge in [0.2, 0.25) is 0 Å². The lowest BCUT2D eigenvalue weighted by molar-refractivity contribution is 0.165. The molecule has 3 heterocycles. The van der Waals surface area contributed by atoms with Crippen molar-refractivity contribution in [2.24, 2.45) is 0 Å². The standard InChI is InChI=1S/C20H24FN3O/c21-17-1-2-20-16(11-17)12-19(14-25-20)23-18-5-9-24(10-6-18)13-15-3-7-22-8-4-15/h1-4,7-8,11,18-19,23H,5-6,9-10,12-14H2. The van der Waals surface area contributed by atoms with E-state index in [0.29, 0.717) is 12.6 Å². The van der Waals surface area contributed by atoms with Gasteiger partial charge in [0.25, 0.3) is 0 Å². The van der Waals surface area contributed by atoms with E-state index >= 15 is 0 Å². The number of ether oxygens (including phenoxy) is 1. The van der Waals surface area contributed by atoms with Crippen molar-refractivity contribution in [2.45, 2.75) is 37.9 Å². The first-order valence-corrected chi connectivity index (χ1v) is 9.05. The average molecular weight is 341 g/mol. The molecule has 5 heteroatoms. The van der Waals surface area contributed by atoms with Crippen LogP contribution in [0.15, 0.2) is 42.7 Å². The smallest absolute Gasteiger partial charge is 0.123 e. The number of likely N-dealkylation sites (tertiary alicyclic amines) is 1. The molecule has 2 aliphatic heterocycles. The highest BCUT2D eigenvalue weighted by molar-refractivity contribution is 5.36. The lowest BCUT2D eigenvalue weighted by Crippen LogP contribution is -2.49. The molecule has 4 rings (SSSR count). The average Bonchev–Trinajstić information content (AvgIpc) is 2.64. The van der Waals surface area contributed by atoms with Crippen LogP contribution < -0.4 is 10.1 Å². The molecule has 0 saturated carbocycles. The molecule has 132 valence electrons. The summed E-state index contributed by atoms with van der Waals surface area (Å²) in [6.45, 7) is 3.85. The fourth-order valence-corrected chi connectivity index (χ4v) is 3.81. The Hall–Kier alpha value is -1.98. The van der Waals surface area contributed by atoms with Crippen LogP contribution in [0.2, 0.25) is 0 Å². The number of rotatable bonds is 4. The molecule has 0 bridgehead atoms. The van der Waals surface area contributed by atoms with Gasteiger partial charge in [-0.25, -0.2) is 4.39 Å². The maximum Gasteiger partial charge on any atom is 0.123 e. The zero-order valence-corrected chi connectivity index (χ0v) is 14.3. The van der Waals surface area contributed by atoms with Crippen molar-refractivity contribution in [3.63, 3.8) is 0 Å². The van der Waals surface area contributed by atoms with Crippen molar-refractivity contribution < 1.29 is 9.13 Å². The topological polar surface area (TPSA) is 37.4 Å². The number of hydrogen-bond acceptors (Lipinski definition) is 4. The Morgan fingerprint density at radius 1 is 1.12 bits per heavy atom. The van der Waals surface area contributed by atoms with Crippen LogP contribution in [0, 0.1) is 5.82 Å². The molecule has 0 spiro atoms. The maximum atomic E-state index is 13.4. The van der Waals surface area contributed by atoms with Crippen molar-refractivity contribution in [3.8, 4) is 5.75 Å². The summed E-state index contributed by atoms with van der Waals surface area (Å²) in [5, 5.41) is 3.72. The molecule has 1 atom stereocenters. The molecule has 0 radical (unpaired) electrons. The summed E-state index contributed by atoms with van der Waals surface area (Å²) in [5.41, 5.74) is 2.29. The number of piperidine rings is 1. The Morgan fingerprint density at radius 2 is 1.92 bits per heavy atom. The monoisotopic (exact) mass is 341 g/mol. The van der Waals surface area contributed by atoms with Gasteiger partial charge in [-0.3, -0.25) is 9.88 Å². The molecule has 1 aromatic carbocycles. The van der Waals surface area contributed by atoms with Crippen LogP contribution in [-0.2, 0) is 13.0 Å². The summed E-state index contributed by atoms with van der Waals surface area (Å²) in [7, 11) is 0. The fraction of sp³-hybridized carbons (Fsp3) is 0.450. The second kappa shape index (κ2) is 7.50. The molecule has 0 aliphatic carbocycles. The fourth-order valence-electron chi connectivity index (χ4n) is 3.81. The second-order valence-corrected chi connectivity index (χ2v) is 7.04. The highest BCUT2D eigenvalue weighted by atomic mass is 19.1. The summed E-state index contributed by atoms with van der Waals surface area (Å²) >= 11 is 0. The van der Waals surface area contributed by atoms with Gasteiger partial charge in [-0.2, -0.15) is 0 Å². The molecule has 1 fully saturated rings. The van der Waals surface area contributed by atoms with Crippen molar-refractivity contribution in [2.75, 3.05) is 19.7 Å². The van der Waals surface area contributed by atoms with E-state index in [1.54, 1.807) is 12.1 Å². The van der Waals surface area contributed by atoms with E-state index in [1.165, 1.54) is 11.6 Å². The molecule has 4 nitrogen and oxygen atoms in total. The Morgan fingerprint density at radius 3 is 2.72 bits per heavy atom. The molecule has 1 aromatic heterocycles. The molecule has 0 amide bonds. The lowest BCUT2D eigenvalue weighted by atomic mass is 9.99. The van der Waals surface area contributed by atoms with Gasteiger partial charge in [-0.05, 0) is 73.8 Å². The van der Waals surface area contributed by atoms with E-state index < -0.39 is 0 Å². The Balaban J connectivity index is 1.26. The van der Waals surface area contributed by atoms with Gasteiger partial charge in [0.05, 0.1) is 0 Å². The molecule has 25 heavy (non-hydrogen) atoms. The molecule has 2 aromatic rings. The van der Waals surface area contributed by atoms with Crippen LogP contribution in [0.25, 0.3) is 0 Å². The van der Waals surface area contributed by atoms with Crippen LogP contribution in [0.1, 0.15) is 24.0 Å². The van der Waals surface area contributed by atoms with Gasteiger partial charge in [0.15, 0.2) is 0 Å². The summed E-state index contributed by atoms with van der Waals surface area (Å²) in [6, 6.07) is 9.74. The van der Waals surface area contributed by atoms with Gasteiger partial charge < -0.3 is 10.1 Å². The molecular weight excluding hydrogens is 317 g/mol. The highest BCUT2D eigenvalue weighted by Gasteiger charge is 2.25. The molecule has 2 aliphatic rings. The van der Waals surface area contributed by atoms with E-state index in [1.807, 2.05) is 12.4 Å². The first-order chi connectivity index (χ1) is 12.3. The third-order valence-electron chi connectivity index (χ3n) is 5.14. The minimum atomic E-state index is -0.188. The number of nitrogens with zero attached hydrogens (tertiary/aromatic N) is 2. The number of fused-ring (bicyclic) bond motifs is 1. The summed E-state index contributed by atoms with van der Waals surface area (Å²) < 4.78 is 19.2. The van der Waals surface area contributed by atoms with Gasteiger partial charge in [-0.15, -0.1) is 0 Å². The summed E-state index contributed by atoms with van der Waals surface area (Å²) in [6.07, 6.45) is 6.82. The minimum Gasteiger partial charge on any atom is -0.492 e. The number of aromatic nitrogens is 1. The van der Waals surface area contributed by atoms with E-state index in [2.05, 4.69) is 27.3 Å². The van der Waals surface area contributed by atoms with E-state index in [0.717, 1.165) is 50.2 Å². The molecular formula is C20H24FN3O. The van der Waals surface area contributed by atoms with E-state index in [9.17, 15) is 4.39 Å². The zero-order valence-electron chi connectivity index (χ0n) is 14.3. The van der Waals surface area contributed by atoms with Crippen LogP contribution >= 0.6 is 0 Å². The molecule has 1 N–H and O–H groups in total. The maximum absolute atomic E-state index is 13.4. The Kier molecular flexibility index (Phi) is 4.95. The number of pyridine rings is 1. The first-order valence-electron chi connectivity index (χ1n) is 9.05. The lowest BCUT2D eigenvalue weighted by Gasteiger charge is -2.36. The quantitative estimate of drug-likeness (QED) is 0.928. The second-order valence-electron chi connectivity index (χ2n) is 7.04. The highest BCUT2D eigenvalue weighted by Crippen LogP contribution is 2.26. The predicted molar refractivity (Wildman–Crippen MR) is 95.1 cm³/mol. The Bertz CT molecular complexity index is 701. The van der Waals surface area contributed by atoms with Crippen LogP contribution in [-0.4, -0.2) is 41.7 Å². The summed E-state index contributed by atoms with van der Waals surface area (Å²) in [5.74, 6) is 0.638. The zero-order chi connectivity index (χ0) is 17.1. The van der Waals surface area contributed by atoms with Crippen LogP contribution in [0.4, 0.5) is 4.39 Å².